The second kappa shape index (κ2) is 7.24. The second-order valence-corrected chi connectivity index (χ2v) is 7.08. The normalized spacial score (nSPS) is 13.5. The minimum absolute atomic E-state index is 0.234. The topological polar surface area (TPSA) is 49.3 Å². The summed E-state index contributed by atoms with van der Waals surface area (Å²) in [5, 5.41) is 21.0. The summed E-state index contributed by atoms with van der Waals surface area (Å²) in [6.45, 7) is 1.42. The first-order valence-corrected chi connectivity index (χ1v) is 9.36. The minimum atomic E-state index is 0.234. The maximum atomic E-state index is 10.5. The fraction of sp³-hybridized carbons (Fsp3) is 0.318. The largest absolute Gasteiger partial charge is 0.494 e. The quantitative estimate of drug-likeness (QED) is 0.694. The summed E-state index contributed by atoms with van der Waals surface area (Å²) in [6.07, 6.45) is 9.00. The highest BCUT2D eigenvalue weighted by Crippen LogP contribution is 2.38. The molecule has 4 rings (SSSR count). The number of benzene rings is 1. The van der Waals surface area contributed by atoms with Gasteiger partial charge in [-0.1, -0.05) is 30.3 Å². The third-order valence-electron chi connectivity index (χ3n) is 5.32. The van der Waals surface area contributed by atoms with E-state index in [1.165, 1.54) is 5.56 Å². The van der Waals surface area contributed by atoms with Gasteiger partial charge in [0, 0.05) is 29.7 Å². The van der Waals surface area contributed by atoms with Crippen molar-refractivity contribution in [1.82, 2.24) is 4.57 Å². The summed E-state index contributed by atoms with van der Waals surface area (Å²) < 4.78 is 3.80. The van der Waals surface area contributed by atoms with Gasteiger partial charge >= 0.3 is 0 Å². The Kier molecular flexibility index (Phi) is 4.65. The minimum Gasteiger partial charge on any atom is -0.494 e. The Morgan fingerprint density at radius 2 is 1.42 bits per heavy atom. The fourth-order valence-corrected chi connectivity index (χ4v) is 3.80. The van der Waals surface area contributed by atoms with E-state index < -0.39 is 0 Å². The van der Waals surface area contributed by atoms with Crippen LogP contribution in [0.2, 0.25) is 0 Å². The maximum absolute atomic E-state index is 10.5. The molecule has 0 aliphatic heterocycles. The van der Waals surface area contributed by atoms with Crippen molar-refractivity contribution in [1.29, 1.82) is 0 Å². The highest BCUT2D eigenvalue weighted by Gasteiger charge is 2.24. The Balaban J connectivity index is 1.46. The third kappa shape index (κ3) is 3.32. The van der Waals surface area contributed by atoms with E-state index in [2.05, 4.69) is 53.4 Å². The van der Waals surface area contributed by atoms with Crippen LogP contribution in [0.25, 0.3) is 0 Å². The Hall–Kier alpha value is -2.75. The second-order valence-electron chi connectivity index (χ2n) is 7.08. The van der Waals surface area contributed by atoms with E-state index in [1.807, 2.05) is 6.07 Å². The molecule has 1 aromatic carbocycles. The molecule has 0 saturated carbocycles. The van der Waals surface area contributed by atoms with Crippen molar-refractivity contribution in [3.63, 3.8) is 0 Å². The average molecular weight is 349 g/mol. The zero-order valence-electron chi connectivity index (χ0n) is 14.9. The molecule has 3 aromatic rings. The van der Waals surface area contributed by atoms with Crippen molar-refractivity contribution in [2.45, 2.75) is 45.2 Å². The van der Waals surface area contributed by atoms with Crippen LogP contribution in [0.15, 0.2) is 54.9 Å². The van der Waals surface area contributed by atoms with E-state index in [-0.39, 0.29) is 11.8 Å². The van der Waals surface area contributed by atoms with E-state index in [9.17, 15) is 10.2 Å². The predicted octanol–water partition coefficient (Wildman–Crippen LogP) is 3.36. The summed E-state index contributed by atoms with van der Waals surface area (Å²) in [5.74, 6) is 0.469. The monoisotopic (exact) mass is 349 g/mol. The molecule has 2 heterocycles. The molecule has 2 N–H and O–H groups in total. The van der Waals surface area contributed by atoms with Crippen molar-refractivity contribution in [2.75, 3.05) is 0 Å². The van der Waals surface area contributed by atoms with Gasteiger partial charge in [0.2, 0.25) is 0 Å². The molecule has 4 nitrogen and oxygen atoms in total. The SMILES string of the molecule is Oc1c2c(c(O)n1Cc1cc[n+](CCc3ccccc3)cc1)CCCC2. The average Bonchev–Trinajstić information content (AvgIpc) is 2.93. The van der Waals surface area contributed by atoms with Crippen LogP contribution in [0.3, 0.4) is 0 Å². The van der Waals surface area contributed by atoms with Gasteiger partial charge in [-0.15, -0.1) is 0 Å². The Bertz CT molecular complexity index is 853. The molecule has 0 saturated heterocycles. The van der Waals surface area contributed by atoms with Gasteiger partial charge in [0.1, 0.15) is 0 Å². The fourth-order valence-electron chi connectivity index (χ4n) is 3.80. The lowest BCUT2D eigenvalue weighted by atomic mass is 9.95. The molecule has 134 valence electrons. The van der Waals surface area contributed by atoms with Crippen molar-refractivity contribution in [3.8, 4) is 11.8 Å². The number of aryl methyl sites for hydroxylation is 2. The lowest BCUT2D eigenvalue weighted by Crippen LogP contribution is -2.33. The summed E-state index contributed by atoms with van der Waals surface area (Å²) >= 11 is 0. The Morgan fingerprint density at radius 3 is 2.04 bits per heavy atom. The molecule has 0 bridgehead atoms. The molecule has 1 aliphatic carbocycles. The van der Waals surface area contributed by atoms with Crippen LogP contribution in [-0.4, -0.2) is 14.8 Å². The number of aromatic hydroxyl groups is 2. The molecule has 0 fully saturated rings. The summed E-state index contributed by atoms with van der Waals surface area (Å²) in [5.41, 5.74) is 4.26. The first kappa shape index (κ1) is 16.7. The van der Waals surface area contributed by atoms with E-state index in [0.717, 1.165) is 55.3 Å². The smallest absolute Gasteiger partial charge is 0.197 e. The van der Waals surface area contributed by atoms with Gasteiger partial charge in [-0.3, -0.25) is 4.57 Å². The van der Waals surface area contributed by atoms with E-state index in [4.69, 9.17) is 0 Å². The number of aromatic nitrogens is 2. The predicted molar refractivity (Wildman–Crippen MR) is 100 cm³/mol. The van der Waals surface area contributed by atoms with Crippen molar-refractivity contribution in [2.24, 2.45) is 0 Å². The molecule has 26 heavy (non-hydrogen) atoms. The zero-order chi connectivity index (χ0) is 17.9. The Morgan fingerprint density at radius 1 is 0.808 bits per heavy atom. The Labute approximate surface area is 154 Å². The standard InChI is InChI=1S/C22H24N2O2/c25-21-19-8-4-5-9-20(19)22(26)24(21)16-18-11-14-23(15-12-18)13-10-17-6-2-1-3-7-17/h1-3,6-7,11-12,14-15H,4-5,8-10,13,16H2,(H-,25,26)/p+1. The van der Waals surface area contributed by atoms with E-state index in [1.54, 1.807) is 4.57 Å². The molecule has 1 aliphatic rings. The van der Waals surface area contributed by atoms with Crippen molar-refractivity contribution in [3.05, 3.63) is 77.1 Å². The van der Waals surface area contributed by atoms with E-state index in [0.29, 0.717) is 6.54 Å². The van der Waals surface area contributed by atoms with Crippen molar-refractivity contribution < 1.29 is 14.8 Å². The molecule has 0 radical (unpaired) electrons. The van der Waals surface area contributed by atoms with Crippen molar-refractivity contribution >= 4 is 0 Å². The molecule has 4 heteroatoms. The van der Waals surface area contributed by atoms with Gasteiger partial charge in [-0.25, -0.2) is 4.57 Å². The third-order valence-corrected chi connectivity index (χ3v) is 5.32. The van der Waals surface area contributed by atoms with Crippen LogP contribution in [0.4, 0.5) is 0 Å². The van der Waals surface area contributed by atoms with Gasteiger partial charge in [0.15, 0.2) is 30.7 Å². The van der Waals surface area contributed by atoms with Crippen LogP contribution in [0, 0.1) is 0 Å². The number of nitrogens with zero attached hydrogens (tertiary/aromatic N) is 2. The molecule has 0 spiro atoms. The summed E-state index contributed by atoms with van der Waals surface area (Å²) in [7, 11) is 0. The van der Waals surface area contributed by atoms with Crippen LogP contribution >= 0.6 is 0 Å². The lowest BCUT2D eigenvalue weighted by molar-refractivity contribution is -0.696. The highest BCUT2D eigenvalue weighted by molar-refractivity contribution is 5.47. The van der Waals surface area contributed by atoms with Gasteiger partial charge in [-0.05, 0) is 36.8 Å². The molecule has 2 aromatic heterocycles. The highest BCUT2D eigenvalue weighted by atomic mass is 16.3. The lowest BCUT2D eigenvalue weighted by Gasteiger charge is -2.09. The summed E-state index contributed by atoms with van der Waals surface area (Å²) in [4.78, 5) is 0. The molecule has 0 atom stereocenters. The van der Waals surface area contributed by atoms with Gasteiger partial charge in [0.25, 0.3) is 0 Å². The number of fused-ring (bicyclic) bond motifs is 1. The van der Waals surface area contributed by atoms with Crippen LogP contribution in [0.5, 0.6) is 11.8 Å². The van der Waals surface area contributed by atoms with Gasteiger partial charge in [0.05, 0.1) is 6.54 Å². The van der Waals surface area contributed by atoms with Crippen LogP contribution in [0.1, 0.15) is 35.1 Å². The number of rotatable bonds is 5. The van der Waals surface area contributed by atoms with Gasteiger partial charge < -0.3 is 10.2 Å². The summed E-state index contributed by atoms with van der Waals surface area (Å²) in [6, 6.07) is 14.6. The van der Waals surface area contributed by atoms with Crippen LogP contribution in [-0.2, 0) is 32.4 Å². The maximum Gasteiger partial charge on any atom is 0.197 e. The van der Waals surface area contributed by atoms with E-state index >= 15 is 0 Å². The number of pyridine rings is 1. The first-order chi connectivity index (χ1) is 12.7. The first-order valence-electron chi connectivity index (χ1n) is 9.36. The number of hydrogen-bond acceptors (Lipinski definition) is 2. The number of hydrogen-bond donors (Lipinski definition) is 2. The molecule has 0 amide bonds. The molecule has 0 unspecified atom stereocenters. The van der Waals surface area contributed by atoms with Gasteiger partial charge in [-0.2, -0.15) is 0 Å². The molecular weight excluding hydrogens is 324 g/mol. The molecular formula is C22H25N2O2+. The van der Waals surface area contributed by atoms with Crippen LogP contribution < -0.4 is 4.57 Å². The zero-order valence-corrected chi connectivity index (χ0v) is 14.9.